The lowest BCUT2D eigenvalue weighted by Crippen LogP contribution is -2.41. The summed E-state index contributed by atoms with van der Waals surface area (Å²) in [6.45, 7) is 16.4. The first-order valence-corrected chi connectivity index (χ1v) is 13.0. The van der Waals surface area contributed by atoms with Gasteiger partial charge in [-0.25, -0.2) is 0 Å². The summed E-state index contributed by atoms with van der Waals surface area (Å²) in [5, 5.41) is 5.47. The predicted octanol–water partition coefficient (Wildman–Crippen LogP) is 6.84. The third-order valence-corrected chi connectivity index (χ3v) is 7.81. The number of carbonyl (C=O) groups excluding carboxylic acids is 1. The van der Waals surface area contributed by atoms with Gasteiger partial charge in [0.2, 0.25) is 5.91 Å². The van der Waals surface area contributed by atoms with Gasteiger partial charge in [-0.05, 0) is 61.3 Å². The van der Waals surface area contributed by atoms with Crippen molar-refractivity contribution in [1.82, 2.24) is 14.7 Å². The quantitative estimate of drug-likeness (QED) is 0.379. The zero-order valence-corrected chi connectivity index (χ0v) is 23.5. The molecule has 0 radical (unpaired) electrons. The van der Waals surface area contributed by atoms with Gasteiger partial charge in [0.05, 0.1) is 18.3 Å². The molecule has 2 aromatic rings. The van der Waals surface area contributed by atoms with Crippen LogP contribution in [0.1, 0.15) is 84.4 Å². The van der Waals surface area contributed by atoms with Crippen molar-refractivity contribution in [3.63, 3.8) is 0 Å². The molecule has 1 aliphatic rings. The minimum atomic E-state index is -0.517. The smallest absolute Gasteiger partial charge is 0.227 e. The summed E-state index contributed by atoms with van der Waals surface area (Å²) in [4.78, 5) is 15.0. The number of carbonyl (C=O) groups is 1. The topological polar surface area (TPSA) is 47.4 Å². The van der Waals surface area contributed by atoms with Gasteiger partial charge in [0.1, 0.15) is 0 Å². The Morgan fingerprint density at radius 3 is 2.51 bits per heavy atom. The highest BCUT2D eigenvalue weighted by molar-refractivity contribution is 6.31. The minimum absolute atomic E-state index is 0.0857. The van der Waals surface area contributed by atoms with Crippen molar-refractivity contribution in [3.05, 3.63) is 58.5 Å². The van der Waals surface area contributed by atoms with Gasteiger partial charge in [0.15, 0.2) is 0 Å². The van der Waals surface area contributed by atoms with E-state index >= 15 is 0 Å². The van der Waals surface area contributed by atoms with E-state index in [2.05, 4.69) is 72.9 Å². The Bertz CT molecular complexity index is 1080. The fourth-order valence-electron chi connectivity index (χ4n) is 4.46. The lowest BCUT2D eigenvalue weighted by Gasteiger charge is -2.39. The standard InChI is InChI=1S/C29H42ClN3O2/c1-9-28(5,6)33-19-22(18-31-33)24-20-32(14-15-35-8)26(34)17-29(24,7)23-11-10-21(25(30)16-23)12-13-27(2,3)4/h10-11,16,18-20H,9,12-15,17H2,1-8H3/t29-/m0/s1. The van der Waals surface area contributed by atoms with E-state index in [4.69, 9.17) is 21.4 Å². The van der Waals surface area contributed by atoms with Crippen LogP contribution in [0.25, 0.3) is 5.57 Å². The number of hydrogen-bond donors (Lipinski definition) is 0. The maximum Gasteiger partial charge on any atom is 0.227 e. The van der Waals surface area contributed by atoms with Crippen molar-refractivity contribution in [2.24, 2.45) is 5.41 Å². The molecular formula is C29H42ClN3O2. The average molecular weight is 500 g/mol. The van der Waals surface area contributed by atoms with Crippen LogP contribution < -0.4 is 0 Å². The molecule has 5 nitrogen and oxygen atoms in total. The highest BCUT2D eigenvalue weighted by Gasteiger charge is 2.40. The van der Waals surface area contributed by atoms with Crippen molar-refractivity contribution in [2.45, 2.75) is 85.1 Å². The summed E-state index contributed by atoms with van der Waals surface area (Å²) >= 11 is 6.80. The summed E-state index contributed by atoms with van der Waals surface area (Å²) in [7, 11) is 1.66. The molecule has 1 aliphatic heterocycles. The molecule has 0 aliphatic carbocycles. The van der Waals surface area contributed by atoms with E-state index in [1.54, 1.807) is 12.0 Å². The first kappa shape index (κ1) is 27.5. The van der Waals surface area contributed by atoms with Crippen molar-refractivity contribution < 1.29 is 9.53 Å². The summed E-state index contributed by atoms with van der Waals surface area (Å²) in [6, 6.07) is 6.35. The Morgan fingerprint density at radius 2 is 1.91 bits per heavy atom. The molecule has 0 N–H and O–H groups in total. The van der Waals surface area contributed by atoms with Gasteiger partial charge in [-0.15, -0.1) is 0 Å². The van der Waals surface area contributed by atoms with E-state index in [1.807, 2.05) is 17.1 Å². The van der Waals surface area contributed by atoms with E-state index in [0.29, 0.717) is 19.6 Å². The number of nitrogens with zero attached hydrogens (tertiary/aromatic N) is 3. The summed E-state index contributed by atoms with van der Waals surface area (Å²) in [5.74, 6) is 0.0857. The number of aryl methyl sites for hydroxylation is 1. The Labute approximate surface area is 216 Å². The summed E-state index contributed by atoms with van der Waals surface area (Å²) in [5.41, 5.74) is 3.94. The largest absolute Gasteiger partial charge is 0.383 e. The van der Waals surface area contributed by atoms with Crippen molar-refractivity contribution in [2.75, 3.05) is 20.3 Å². The lowest BCUT2D eigenvalue weighted by atomic mass is 9.69. The molecule has 1 atom stereocenters. The molecule has 1 amide bonds. The molecule has 0 fully saturated rings. The second-order valence-electron chi connectivity index (χ2n) is 11.8. The second-order valence-corrected chi connectivity index (χ2v) is 12.2. The number of halogens is 1. The van der Waals surface area contributed by atoms with E-state index in [-0.39, 0.29) is 16.9 Å². The number of methoxy groups -OCH3 is 1. The van der Waals surface area contributed by atoms with Gasteiger partial charge in [0.25, 0.3) is 0 Å². The highest BCUT2D eigenvalue weighted by Crippen LogP contribution is 2.45. The van der Waals surface area contributed by atoms with Crippen molar-refractivity contribution in [3.8, 4) is 0 Å². The van der Waals surface area contributed by atoms with Gasteiger partial charge >= 0.3 is 0 Å². The molecule has 0 saturated carbocycles. The highest BCUT2D eigenvalue weighted by atomic mass is 35.5. The third-order valence-electron chi connectivity index (χ3n) is 7.45. The molecule has 0 saturated heterocycles. The number of hydrogen-bond acceptors (Lipinski definition) is 3. The van der Waals surface area contributed by atoms with Gasteiger partial charge in [-0.2, -0.15) is 5.10 Å². The normalized spacial score (nSPS) is 19.3. The Balaban J connectivity index is 2.05. The zero-order chi connectivity index (χ0) is 26.0. The van der Waals surface area contributed by atoms with Crippen LogP contribution in [-0.4, -0.2) is 40.8 Å². The van der Waals surface area contributed by atoms with Crippen LogP contribution in [-0.2, 0) is 26.9 Å². The van der Waals surface area contributed by atoms with Crippen molar-refractivity contribution in [1.29, 1.82) is 0 Å². The molecule has 35 heavy (non-hydrogen) atoms. The Hall–Kier alpha value is -2.11. The molecule has 0 bridgehead atoms. The fraction of sp³-hybridized carbons (Fsp3) is 0.586. The number of ether oxygens (including phenoxy) is 1. The molecule has 0 unspecified atom stereocenters. The summed E-state index contributed by atoms with van der Waals surface area (Å²) < 4.78 is 7.28. The van der Waals surface area contributed by atoms with Crippen LogP contribution in [0, 0.1) is 5.41 Å². The van der Waals surface area contributed by atoms with E-state index < -0.39 is 5.41 Å². The second kappa shape index (κ2) is 10.5. The molecule has 1 aromatic heterocycles. The van der Waals surface area contributed by atoms with Gasteiger partial charge in [-0.3, -0.25) is 9.48 Å². The number of amides is 1. The number of aromatic nitrogens is 2. The van der Waals surface area contributed by atoms with E-state index in [9.17, 15) is 4.79 Å². The van der Waals surface area contributed by atoms with E-state index in [0.717, 1.165) is 46.5 Å². The third kappa shape index (κ3) is 6.18. The molecule has 0 spiro atoms. The molecule has 2 heterocycles. The maximum absolute atomic E-state index is 13.2. The number of rotatable bonds is 9. The predicted molar refractivity (Wildman–Crippen MR) is 145 cm³/mol. The van der Waals surface area contributed by atoms with Crippen LogP contribution in [0.4, 0.5) is 0 Å². The van der Waals surface area contributed by atoms with Gasteiger partial charge < -0.3 is 9.64 Å². The van der Waals surface area contributed by atoms with Crippen molar-refractivity contribution >= 4 is 23.1 Å². The van der Waals surface area contributed by atoms with Gasteiger partial charge in [0, 0.05) is 48.5 Å². The first-order valence-electron chi connectivity index (χ1n) is 12.7. The van der Waals surface area contributed by atoms with Crippen LogP contribution in [0.3, 0.4) is 0 Å². The summed E-state index contributed by atoms with van der Waals surface area (Å²) in [6.07, 6.45) is 9.35. The number of benzene rings is 1. The molecule has 1 aromatic carbocycles. The monoisotopic (exact) mass is 499 g/mol. The zero-order valence-electron chi connectivity index (χ0n) is 22.7. The van der Waals surface area contributed by atoms with Crippen LogP contribution in [0.2, 0.25) is 5.02 Å². The molecule has 3 rings (SSSR count). The number of allylic oxidation sites excluding steroid dienone is 1. The Morgan fingerprint density at radius 1 is 1.20 bits per heavy atom. The van der Waals surface area contributed by atoms with Crippen LogP contribution >= 0.6 is 11.6 Å². The minimum Gasteiger partial charge on any atom is -0.383 e. The average Bonchev–Trinajstić information content (AvgIpc) is 3.28. The SMILES string of the molecule is CCC(C)(C)n1cc(C2=CN(CCOC)C(=O)C[C@@]2(C)c2ccc(CCC(C)(C)C)c(Cl)c2)cn1. The maximum atomic E-state index is 13.2. The van der Waals surface area contributed by atoms with Crippen LogP contribution in [0.5, 0.6) is 0 Å². The molecule has 6 heteroatoms. The fourth-order valence-corrected chi connectivity index (χ4v) is 4.73. The first-order chi connectivity index (χ1) is 16.3. The van der Waals surface area contributed by atoms with E-state index in [1.165, 1.54) is 0 Å². The Kier molecular flexibility index (Phi) is 8.23. The lowest BCUT2D eigenvalue weighted by molar-refractivity contribution is -0.130. The van der Waals surface area contributed by atoms with Gasteiger partial charge in [-0.1, -0.05) is 58.4 Å². The molecule has 192 valence electrons. The van der Waals surface area contributed by atoms with Crippen LogP contribution in [0.15, 0.2) is 36.8 Å². The molecular weight excluding hydrogens is 458 g/mol.